The largest absolute Gasteiger partial charge is 0.399 e. The van der Waals surface area contributed by atoms with Crippen molar-refractivity contribution in [3.05, 3.63) is 48.0 Å². The highest BCUT2D eigenvalue weighted by molar-refractivity contribution is 5.85. The van der Waals surface area contributed by atoms with Crippen LogP contribution in [0.2, 0.25) is 0 Å². The Kier molecular flexibility index (Phi) is 5.93. The fourth-order valence-electron chi connectivity index (χ4n) is 1.46. The highest BCUT2D eigenvalue weighted by atomic mass is 35.5. The summed E-state index contributed by atoms with van der Waals surface area (Å²) in [4.78, 5) is 4.17. The molecular weight excluding hydrogens is 245 g/mol. The van der Waals surface area contributed by atoms with Gasteiger partial charge in [0.15, 0.2) is 0 Å². The molecule has 0 spiro atoms. The molecule has 0 atom stereocenters. The van der Waals surface area contributed by atoms with E-state index in [1.807, 2.05) is 37.5 Å². The Labute approximate surface area is 108 Å². The smallest absolute Gasteiger partial charge is 0.105 e. The van der Waals surface area contributed by atoms with E-state index < -0.39 is 0 Å². The summed E-state index contributed by atoms with van der Waals surface area (Å²) in [6, 6.07) is 7.91. The molecule has 3 nitrogen and oxygen atoms in total. The van der Waals surface area contributed by atoms with Crippen LogP contribution in [-0.4, -0.2) is 9.55 Å². The van der Waals surface area contributed by atoms with E-state index in [1.165, 1.54) is 5.56 Å². The van der Waals surface area contributed by atoms with Crippen LogP contribution in [0.5, 0.6) is 0 Å². The molecule has 2 aromatic rings. The lowest BCUT2D eigenvalue weighted by Crippen LogP contribution is -2.01. The lowest BCUT2D eigenvalue weighted by Gasteiger charge is -2.05. The number of anilines is 1. The molecule has 16 heavy (non-hydrogen) atoms. The summed E-state index contributed by atoms with van der Waals surface area (Å²) in [6.07, 6.45) is 3.78. The van der Waals surface area contributed by atoms with Gasteiger partial charge in [-0.3, -0.25) is 0 Å². The van der Waals surface area contributed by atoms with E-state index in [-0.39, 0.29) is 24.8 Å². The topological polar surface area (TPSA) is 43.8 Å². The van der Waals surface area contributed by atoms with Gasteiger partial charge in [0.05, 0.1) is 0 Å². The highest BCUT2D eigenvalue weighted by Crippen LogP contribution is 2.09. The van der Waals surface area contributed by atoms with E-state index >= 15 is 0 Å². The number of benzene rings is 1. The van der Waals surface area contributed by atoms with Gasteiger partial charge in [0, 0.05) is 24.6 Å². The summed E-state index contributed by atoms with van der Waals surface area (Å²) in [7, 11) is 0. The van der Waals surface area contributed by atoms with Crippen molar-refractivity contribution in [2.75, 3.05) is 5.73 Å². The summed E-state index contributed by atoms with van der Waals surface area (Å²) < 4.78 is 2.09. The first kappa shape index (κ1) is 14.8. The summed E-state index contributed by atoms with van der Waals surface area (Å²) in [6.45, 7) is 2.82. The Morgan fingerprint density at radius 1 is 1.31 bits per heavy atom. The number of halogens is 2. The zero-order chi connectivity index (χ0) is 9.97. The summed E-state index contributed by atoms with van der Waals surface area (Å²) in [5, 5.41) is 0. The third-order valence-electron chi connectivity index (χ3n) is 2.23. The molecule has 0 saturated carbocycles. The average Bonchev–Trinajstić information content (AvgIpc) is 2.52. The van der Waals surface area contributed by atoms with Crippen LogP contribution in [0.1, 0.15) is 11.4 Å². The standard InChI is InChI=1S/C11H13N3.2ClH/c1-9-13-5-6-14(9)8-10-3-2-4-11(12)7-10;;/h2-7H,8,12H2,1H3;2*1H. The number of nitrogens with two attached hydrogens (primary N) is 1. The molecule has 0 unspecified atom stereocenters. The molecule has 0 aliphatic carbocycles. The van der Waals surface area contributed by atoms with Gasteiger partial charge >= 0.3 is 0 Å². The number of nitrogens with zero attached hydrogens (tertiary/aromatic N) is 2. The molecule has 0 bridgehead atoms. The highest BCUT2D eigenvalue weighted by Gasteiger charge is 1.98. The molecule has 0 fully saturated rings. The second-order valence-corrected chi connectivity index (χ2v) is 3.35. The van der Waals surface area contributed by atoms with Crippen LogP contribution in [-0.2, 0) is 6.54 Å². The SMILES string of the molecule is Cc1nccn1Cc1cccc(N)c1.Cl.Cl. The number of hydrogen-bond donors (Lipinski definition) is 1. The third kappa shape index (κ3) is 3.43. The van der Waals surface area contributed by atoms with Gasteiger partial charge in [-0.1, -0.05) is 12.1 Å². The molecule has 5 heteroatoms. The van der Waals surface area contributed by atoms with Gasteiger partial charge in [-0.15, -0.1) is 24.8 Å². The first-order valence-corrected chi connectivity index (χ1v) is 4.58. The molecule has 0 aliphatic rings. The second kappa shape index (κ2) is 6.40. The van der Waals surface area contributed by atoms with E-state index in [0.717, 1.165) is 18.1 Å². The minimum absolute atomic E-state index is 0. The van der Waals surface area contributed by atoms with Gasteiger partial charge in [-0.25, -0.2) is 4.98 Å². The van der Waals surface area contributed by atoms with Crippen LogP contribution in [0.4, 0.5) is 5.69 Å². The van der Waals surface area contributed by atoms with Gasteiger partial charge in [0.25, 0.3) is 0 Å². The Morgan fingerprint density at radius 3 is 2.62 bits per heavy atom. The van der Waals surface area contributed by atoms with Crippen molar-refractivity contribution in [3.63, 3.8) is 0 Å². The number of rotatable bonds is 2. The van der Waals surface area contributed by atoms with E-state index in [0.29, 0.717) is 0 Å². The number of aromatic nitrogens is 2. The van der Waals surface area contributed by atoms with Crippen molar-refractivity contribution < 1.29 is 0 Å². The Balaban J connectivity index is 0.00000112. The van der Waals surface area contributed by atoms with Gasteiger partial charge in [-0.2, -0.15) is 0 Å². The van der Waals surface area contributed by atoms with Crippen molar-refractivity contribution in [2.45, 2.75) is 13.5 Å². The maximum Gasteiger partial charge on any atom is 0.105 e. The molecule has 0 radical (unpaired) electrons. The first-order chi connectivity index (χ1) is 6.75. The maximum absolute atomic E-state index is 5.70. The fourth-order valence-corrected chi connectivity index (χ4v) is 1.46. The normalized spacial score (nSPS) is 9.06. The Hall–Kier alpha value is -1.19. The van der Waals surface area contributed by atoms with Crippen LogP contribution >= 0.6 is 24.8 Å². The van der Waals surface area contributed by atoms with Crippen LogP contribution in [0.25, 0.3) is 0 Å². The molecule has 1 aromatic heterocycles. The van der Waals surface area contributed by atoms with Gasteiger partial charge < -0.3 is 10.3 Å². The van der Waals surface area contributed by atoms with Crippen LogP contribution < -0.4 is 5.73 Å². The number of aryl methyl sites for hydroxylation is 1. The lowest BCUT2D eigenvalue weighted by atomic mass is 10.2. The number of hydrogen-bond acceptors (Lipinski definition) is 2. The minimum Gasteiger partial charge on any atom is -0.399 e. The molecule has 1 heterocycles. The van der Waals surface area contributed by atoms with Crippen molar-refractivity contribution in [1.29, 1.82) is 0 Å². The van der Waals surface area contributed by atoms with Crippen molar-refractivity contribution in [1.82, 2.24) is 9.55 Å². The monoisotopic (exact) mass is 259 g/mol. The van der Waals surface area contributed by atoms with Crippen LogP contribution in [0.3, 0.4) is 0 Å². The van der Waals surface area contributed by atoms with Gasteiger partial charge in [0.1, 0.15) is 5.82 Å². The van der Waals surface area contributed by atoms with Crippen molar-refractivity contribution in [2.24, 2.45) is 0 Å². The first-order valence-electron chi connectivity index (χ1n) is 4.58. The van der Waals surface area contributed by atoms with Gasteiger partial charge in [0.2, 0.25) is 0 Å². The number of nitrogen functional groups attached to an aromatic ring is 1. The molecule has 88 valence electrons. The van der Waals surface area contributed by atoms with E-state index in [4.69, 9.17) is 5.73 Å². The molecule has 1 aromatic carbocycles. The predicted molar refractivity (Wildman–Crippen MR) is 71.4 cm³/mol. The predicted octanol–water partition coefficient (Wildman–Crippen LogP) is 2.67. The Morgan fingerprint density at radius 2 is 2.06 bits per heavy atom. The minimum atomic E-state index is 0. The zero-order valence-electron chi connectivity index (χ0n) is 8.96. The second-order valence-electron chi connectivity index (χ2n) is 3.35. The summed E-state index contributed by atoms with van der Waals surface area (Å²) >= 11 is 0. The van der Waals surface area contributed by atoms with Crippen molar-refractivity contribution in [3.8, 4) is 0 Å². The molecule has 0 amide bonds. The fraction of sp³-hybridized carbons (Fsp3) is 0.182. The summed E-state index contributed by atoms with van der Waals surface area (Å²) in [5.41, 5.74) is 7.71. The van der Waals surface area contributed by atoms with Crippen LogP contribution in [0.15, 0.2) is 36.7 Å². The van der Waals surface area contributed by atoms with E-state index in [2.05, 4.69) is 15.6 Å². The molecule has 2 rings (SSSR count). The van der Waals surface area contributed by atoms with E-state index in [1.54, 1.807) is 0 Å². The molecule has 0 aliphatic heterocycles. The lowest BCUT2D eigenvalue weighted by molar-refractivity contribution is 0.762. The third-order valence-corrected chi connectivity index (χ3v) is 2.23. The summed E-state index contributed by atoms with van der Waals surface area (Å²) in [5.74, 6) is 1.02. The van der Waals surface area contributed by atoms with E-state index in [9.17, 15) is 0 Å². The molecule has 2 N–H and O–H groups in total. The number of imidazole rings is 1. The molecular formula is C11H15Cl2N3. The van der Waals surface area contributed by atoms with Gasteiger partial charge in [-0.05, 0) is 24.6 Å². The Bertz CT molecular complexity index is 440. The molecule has 0 saturated heterocycles. The quantitative estimate of drug-likeness (QED) is 0.843. The zero-order valence-corrected chi connectivity index (χ0v) is 10.6. The average molecular weight is 260 g/mol. The van der Waals surface area contributed by atoms with Crippen LogP contribution in [0, 0.1) is 6.92 Å². The van der Waals surface area contributed by atoms with Crippen molar-refractivity contribution >= 4 is 30.5 Å². The maximum atomic E-state index is 5.70.